The van der Waals surface area contributed by atoms with E-state index in [2.05, 4.69) is 20.5 Å². The van der Waals surface area contributed by atoms with Crippen molar-refractivity contribution in [3.8, 4) is 0 Å². The van der Waals surface area contributed by atoms with Gasteiger partial charge in [0.15, 0.2) is 0 Å². The number of carbonyl (C=O) groups excluding carboxylic acids is 1. The quantitative estimate of drug-likeness (QED) is 0.787. The average molecular weight is 373 g/mol. The molecule has 3 aliphatic rings. The van der Waals surface area contributed by atoms with Crippen molar-refractivity contribution in [2.75, 3.05) is 13.1 Å². The highest BCUT2D eigenvalue weighted by molar-refractivity contribution is 5.79. The monoisotopic (exact) mass is 373 g/mol. The predicted molar refractivity (Wildman–Crippen MR) is 95.8 cm³/mol. The molecule has 1 amide bonds. The van der Waals surface area contributed by atoms with Gasteiger partial charge >= 0.3 is 0 Å². The SMILES string of the molecule is O=C(NCc1ccc(F)cc1)[C@@H]1CN2CC[C@H]1C[C@@H]2Cn1cc(CO)nn1. The third kappa shape index (κ3) is 4.01. The van der Waals surface area contributed by atoms with E-state index in [-0.39, 0.29) is 24.2 Å². The average Bonchev–Trinajstić information content (AvgIpc) is 3.15. The summed E-state index contributed by atoms with van der Waals surface area (Å²) in [6.45, 7) is 2.81. The first-order valence-corrected chi connectivity index (χ1v) is 9.38. The van der Waals surface area contributed by atoms with Gasteiger partial charge in [-0.15, -0.1) is 5.10 Å². The lowest BCUT2D eigenvalue weighted by Crippen LogP contribution is -2.58. The van der Waals surface area contributed by atoms with E-state index in [0.717, 1.165) is 38.0 Å². The Bertz CT molecular complexity index is 794. The number of fused-ring (bicyclic) bond motifs is 3. The molecule has 3 aliphatic heterocycles. The zero-order valence-corrected chi connectivity index (χ0v) is 15.1. The molecule has 0 radical (unpaired) electrons. The Morgan fingerprint density at radius 3 is 2.81 bits per heavy atom. The van der Waals surface area contributed by atoms with Gasteiger partial charge in [0, 0.05) is 19.1 Å². The summed E-state index contributed by atoms with van der Waals surface area (Å²) in [5.74, 6) is 0.177. The van der Waals surface area contributed by atoms with Crippen LogP contribution in [0.3, 0.4) is 0 Å². The fraction of sp³-hybridized carbons (Fsp3) is 0.526. The first-order valence-electron chi connectivity index (χ1n) is 9.38. The van der Waals surface area contributed by atoms with Crippen LogP contribution in [-0.2, 0) is 24.5 Å². The molecule has 0 spiro atoms. The van der Waals surface area contributed by atoms with Gasteiger partial charge in [-0.2, -0.15) is 0 Å². The minimum Gasteiger partial charge on any atom is -0.390 e. The van der Waals surface area contributed by atoms with Crippen LogP contribution < -0.4 is 5.32 Å². The number of benzene rings is 1. The van der Waals surface area contributed by atoms with Crippen LogP contribution >= 0.6 is 0 Å². The number of nitrogens with zero attached hydrogens (tertiary/aromatic N) is 4. The summed E-state index contributed by atoms with van der Waals surface area (Å²) in [7, 11) is 0. The molecule has 2 aromatic rings. The molecule has 144 valence electrons. The number of aliphatic hydroxyl groups is 1. The van der Waals surface area contributed by atoms with Gasteiger partial charge in [0.2, 0.25) is 5.91 Å². The smallest absolute Gasteiger partial charge is 0.224 e. The van der Waals surface area contributed by atoms with Crippen molar-refractivity contribution in [2.24, 2.45) is 11.8 Å². The number of hydrogen-bond acceptors (Lipinski definition) is 5. The van der Waals surface area contributed by atoms with Gasteiger partial charge in [0.1, 0.15) is 11.5 Å². The van der Waals surface area contributed by atoms with E-state index in [4.69, 9.17) is 5.11 Å². The van der Waals surface area contributed by atoms with Crippen LogP contribution in [-0.4, -0.2) is 50.0 Å². The minimum atomic E-state index is -0.271. The number of nitrogens with one attached hydrogen (secondary N) is 1. The molecule has 27 heavy (non-hydrogen) atoms. The zero-order chi connectivity index (χ0) is 18.8. The Labute approximate surface area is 157 Å². The van der Waals surface area contributed by atoms with Gasteiger partial charge in [-0.1, -0.05) is 17.3 Å². The molecule has 0 aliphatic carbocycles. The minimum absolute atomic E-state index is 0.000743. The third-order valence-corrected chi connectivity index (χ3v) is 5.74. The van der Waals surface area contributed by atoms with Crippen molar-refractivity contribution in [3.05, 3.63) is 47.5 Å². The molecule has 1 aromatic carbocycles. The number of carbonyl (C=O) groups is 1. The Balaban J connectivity index is 1.32. The number of aromatic nitrogens is 3. The maximum Gasteiger partial charge on any atom is 0.224 e. The van der Waals surface area contributed by atoms with Gasteiger partial charge < -0.3 is 10.4 Å². The van der Waals surface area contributed by atoms with E-state index in [9.17, 15) is 9.18 Å². The molecule has 1 aromatic heterocycles. The van der Waals surface area contributed by atoms with E-state index < -0.39 is 0 Å². The summed E-state index contributed by atoms with van der Waals surface area (Å²) in [5.41, 5.74) is 1.47. The summed E-state index contributed by atoms with van der Waals surface area (Å²) in [6.07, 6.45) is 3.77. The molecule has 3 fully saturated rings. The molecule has 3 saturated heterocycles. The highest BCUT2D eigenvalue weighted by Gasteiger charge is 2.43. The maximum absolute atomic E-state index is 13.0. The zero-order valence-electron chi connectivity index (χ0n) is 15.1. The fourth-order valence-electron chi connectivity index (χ4n) is 4.26. The molecule has 7 nitrogen and oxygen atoms in total. The molecule has 4 heterocycles. The van der Waals surface area contributed by atoms with Gasteiger partial charge in [-0.3, -0.25) is 14.4 Å². The van der Waals surface area contributed by atoms with Crippen molar-refractivity contribution in [3.63, 3.8) is 0 Å². The third-order valence-electron chi connectivity index (χ3n) is 5.74. The standard InChI is InChI=1S/C19H24FN5O2/c20-15-3-1-13(2-4-15)8-21-19(27)18-11-24-6-5-14(18)7-17(24)10-25-9-16(12-26)22-23-25/h1-4,9,14,17-18,26H,5-8,10-12H2,(H,21,27)/t14-,17+,18+/m0/s1. The van der Waals surface area contributed by atoms with Crippen molar-refractivity contribution in [1.29, 1.82) is 0 Å². The Morgan fingerprint density at radius 1 is 1.33 bits per heavy atom. The van der Waals surface area contributed by atoms with Gasteiger partial charge in [0.25, 0.3) is 0 Å². The van der Waals surface area contributed by atoms with E-state index in [1.54, 1.807) is 23.0 Å². The van der Waals surface area contributed by atoms with Crippen molar-refractivity contribution in [1.82, 2.24) is 25.2 Å². The number of rotatable bonds is 6. The van der Waals surface area contributed by atoms with Gasteiger partial charge in [-0.25, -0.2) is 4.39 Å². The first kappa shape index (κ1) is 18.1. The lowest BCUT2D eigenvalue weighted by molar-refractivity contribution is -0.133. The summed E-state index contributed by atoms with van der Waals surface area (Å²) in [6, 6.07) is 6.56. The van der Waals surface area contributed by atoms with Crippen molar-refractivity contribution in [2.45, 2.75) is 38.6 Å². The van der Waals surface area contributed by atoms with Crippen LogP contribution in [0.4, 0.5) is 4.39 Å². The number of amides is 1. The summed E-state index contributed by atoms with van der Waals surface area (Å²) < 4.78 is 14.8. The summed E-state index contributed by atoms with van der Waals surface area (Å²) in [4.78, 5) is 15.0. The second kappa shape index (κ2) is 7.74. The van der Waals surface area contributed by atoms with Gasteiger partial charge in [-0.05, 0) is 43.0 Å². The molecule has 2 N–H and O–H groups in total. The second-order valence-corrected chi connectivity index (χ2v) is 7.47. The topological polar surface area (TPSA) is 83.3 Å². The highest BCUT2D eigenvalue weighted by atomic mass is 19.1. The van der Waals surface area contributed by atoms with Crippen LogP contribution in [0.2, 0.25) is 0 Å². The normalized spacial score (nSPS) is 26.9. The van der Waals surface area contributed by atoms with E-state index in [0.29, 0.717) is 24.2 Å². The molecule has 5 rings (SSSR count). The second-order valence-electron chi connectivity index (χ2n) is 7.47. The maximum atomic E-state index is 13.0. The molecule has 4 atom stereocenters. The molecule has 2 bridgehead atoms. The lowest BCUT2D eigenvalue weighted by atomic mass is 9.75. The number of halogens is 1. The number of hydrogen-bond donors (Lipinski definition) is 2. The fourth-order valence-corrected chi connectivity index (χ4v) is 4.26. The van der Waals surface area contributed by atoms with E-state index in [1.807, 2.05) is 0 Å². The van der Waals surface area contributed by atoms with Crippen LogP contribution in [0, 0.1) is 17.7 Å². The summed E-state index contributed by atoms with van der Waals surface area (Å²) >= 11 is 0. The van der Waals surface area contributed by atoms with Gasteiger partial charge in [0.05, 0.1) is 25.3 Å². The Kier molecular flexibility index (Phi) is 5.18. The molecule has 8 heteroatoms. The van der Waals surface area contributed by atoms with Crippen LogP contribution in [0.1, 0.15) is 24.1 Å². The number of aliphatic hydroxyl groups excluding tert-OH is 1. The molecule has 1 unspecified atom stereocenters. The highest BCUT2D eigenvalue weighted by Crippen LogP contribution is 2.36. The Morgan fingerprint density at radius 2 is 2.15 bits per heavy atom. The van der Waals surface area contributed by atoms with Crippen LogP contribution in [0.15, 0.2) is 30.5 Å². The lowest BCUT2D eigenvalue weighted by Gasteiger charge is -2.49. The first-order chi connectivity index (χ1) is 13.1. The van der Waals surface area contributed by atoms with Crippen LogP contribution in [0.25, 0.3) is 0 Å². The number of piperidine rings is 3. The van der Waals surface area contributed by atoms with Crippen LogP contribution in [0.5, 0.6) is 0 Å². The molecular weight excluding hydrogens is 349 g/mol. The van der Waals surface area contributed by atoms with Crippen molar-refractivity contribution < 1.29 is 14.3 Å². The van der Waals surface area contributed by atoms with E-state index in [1.165, 1.54) is 12.1 Å². The Hall–Kier alpha value is -2.32. The summed E-state index contributed by atoms with van der Waals surface area (Å²) in [5, 5.41) is 20.1. The largest absolute Gasteiger partial charge is 0.390 e. The van der Waals surface area contributed by atoms with Crippen molar-refractivity contribution >= 4 is 5.91 Å². The van der Waals surface area contributed by atoms with E-state index >= 15 is 0 Å². The molecule has 0 saturated carbocycles. The predicted octanol–water partition coefficient (Wildman–Crippen LogP) is 0.936. The molecular formula is C19H24FN5O2.